The largest absolute Gasteiger partial charge is 0.419 e. The minimum Gasteiger partial charge on any atom is -0.206 e. The Morgan fingerprint density at radius 2 is 1.94 bits per heavy atom. The van der Waals surface area contributed by atoms with Crippen LogP contribution in [0, 0.1) is 5.82 Å². The van der Waals surface area contributed by atoms with Gasteiger partial charge in [-0.3, -0.25) is 0 Å². The van der Waals surface area contributed by atoms with Crippen LogP contribution in [0.5, 0.6) is 0 Å². The molecule has 0 amide bonds. The molecular weight excluding hydrogens is 256 g/mol. The molecule has 92 valence electrons. The number of hydrogen-bond donors (Lipinski definition) is 0. The van der Waals surface area contributed by atoms with Gasteiger partial charge in [-0.25, -0.2) is 4.39 Å². The fourth-order valence-corrected chi connectivity index (χ4v) is 2.12. The van der Waals surface area contributed by atoms with E-state index in [9.17, 15) is 17.6 Å². The summed E-state index contributed by atoms with van der Waals surface area (Å²) in [4.78, 5) is 0. The van der Waals surface area contributed by atoms with Crippen molar-refractivity contribution in [1.82, 2.24) is 0 Å². The van der Waals surface area contributed by atoms with Gasteiger partial charge in [0.1, 0.15) is 5.82 Å². The van der Waals surface area contributed by atoms with Crippen molar-refractivity contribution >= 4 is 17.2 Å². The third-order valence-electron chi connectivity index (χ3n) is 2.72. The highest BCUT2D eigenvalue weighted by atomic mass is 35.5. The highest BCUT2D eigenvalue weighted by Crippen LogP contribution is 2.35. The zero-order valence-electron chi connectivity index (χ0n) is 8.69. The molecule has 1 aromatic rings. The van der Waals surface area contributed by atoms with Gasteiger partial charge in [0, 0.05) is 0 Å². The second-order valence-electron chi connectivity index (χ2n) is 3.94. The summed E-state index contributed by atoms with van der Waals surface area (Å²) in [5.41, 5.74) is 0.0403. The summed E-state index contributed by atoms with van der Waals surface area (Å²) in [6.07, 6.45) is -1.50. The normalized spacial score (nSPS) is 20.5. The van der Waals surface area contributed by atoms with E-state index in [0.29, 0.717) is 12.0 Å². The third-order valence-corrected chi connectivity index (χ3v) is 3.06. The predicted octanol–water partition coefficient (Wildman–Crippen LogP) is 4.63. The first-order valence-electron chi connectivity index (χ1n) is 5.10. The number of rotatable bonds is 1. The van der Waals surface area contributed by atoms with Crippen molar-refractivity contribution in [3.8, 4) is 0 Å². The number of allylic oxidation sites excluding steroid dienone is 2. The number of benzene rings is 1. The Hall–Kier alpha value is -1.03. The lowest BCUT2D eigenvalue weighted by Crippen LogP contribution is -2.08. The minimum absolute atomic E-state index is 0.115. The molecule has 1 aliphatic rings. The SMILES string of the molecule is Fc1cc(C2=CC(Cl)CC2)ccc1C(F)(F)F. The summed E-state index contributed by atoms with van der Waals surface area (Å²) >= 11 is 5.85. The monoisotopic (exact) mass is 264 g/mol. The molecule has 0 saturated carbocycles. The van der Waals surface area contributed by atoms with E-state index in [1.807, 2.05) is 0 Å². The summed E-state index contributed by atoms with van der Waals surface area (Å²) in [5.74, 6) is -1.24. The molecular formula is C12H9ClF4. The van der Waals surface area contributed by atoms with Gasteiger partial charge in [-0.15, -0.1) is 11.6 Å². The van der Waals surface area contributed by atoms with Gasteiger partial charge in [-0.1, -0.05) is 12.1 Å². The van der Waals surface area contributed by atoms with Gasteiger partial charge in [0.25, 0.3) is 0 Å². The molecule has 1 atom stereocenters. The number of halogens is 5. The van der Waals surface area contributed by atoms with E-state index in [1.54, 1.807) is 6.08 Å². The first-order chi connectivity index (χ1) is 7.88. The molecule has 0 heterocycles. The fourth-order valence-electron chi connectivity index (χ4n) is 1.86. The van der Waals surface area contributed by atoms with Gasteiger partial charge in [0.2, 0.25) is 0 Å². The van der Waals surface area contributed by atoms with Gasteiger partial charge in [0.15, 0.2) is 0 Å². The van der Waals surface area contributed by atoms with Crippen molar-refractivity contribution in [1.29, 1.82) is 0 Å². The topological polar surface area (TPSA) is 0 Å². The molecule has 5 heteroatoms. The molecule has 2 rings (SSSR count). The molecule has 0 N–H and O–H groups in total. The van der Waals surface area contributed by atoms with Gasteiger partial charge in [-0.05, 0) is 36.1 Å². The lowest BCUT2D eigenvalue weighted by Gasteiger charge is -2.09. The molecule has 0 aromatic heterocycles. The van der Waals surface area contributed by atoms with Crippen LogP contribution in [0.1, 0.15) is 24.0 Å². The number of alkyl halides is 4. The smallest absolute Gasteiger partial charge is 0.206 e. The third kappa shape index (κ3) is 2.63. The van der Waals surface area contributed by atoms with E-state index in [2.05, 4.69) is 0 Å². The van der Waals surface area contributed by atoms with Crippen molar-refractivity contribution in [2.24, 2.45) is 0 Å². The highest BCUT2D eigenvalue weighted by Gasteiger charge is 2.34. The van der Waals surface area contributed by atoms with Crippen molar-refractivity contribution in [2.45, 2.75) is 24.4 Å². The van der Waals surface area contributed by atoms with Crippen LogP contribution < -0.4 is 0 Å². The van der Waals surface area contributed by atoms with E-state index in [-0.39, 0.29) is 5.38 Å². The Morgan fingerprint density at radius 1 is 1.24 bits per heavy atom. The van der Waals surface area contributed by atoms with Crippen molar-refractivity contribution in [3.05, 3.63) is 41.2 Å². The second kappa shape index (κ2) is 4.33. The maximum atomic E-state index is 13.3. The quantitative estimate of drug-likeness (QED) is 0.512. The lowest BCUT2D eigenvalue weighted by atomic mass is 10.0. The van der Waals surface area contributed by atoms with E-state index < -0.39 is 17.6 Å². The van der Waals surface area contributed by atoms with Gasteiger partial charge in [-0.2, -0.15) is 13.2 Å². The molecule has 0 nitrogen and oxygen atoms in total. The summed E-state index contributed by atoms with van der Waals surface area (Å²) in [6, 6.07) is 2.98. The van der Waals surface area contributed by atoms with Crippen LogP contribution in [0.15, 0.2) is 24.3 Å². The standard InChI is InChI=1S/C12H9ClF4/c13-9-3-1-7(5-9)8-2-4-10(11(14)6-8)12(15,16)17/h2,4-6,9H,1,3H2. The summed E-state index contributed by atoms with van der Waals surface area (Å²) in [5, 5.41) is -0.115. The maximum Gasteiger partial charge on any atom is 0.419 e. The van der Waals surface area contributed by atoms with E-state index in [4.69, 9.17) is 11.6 Å². The Bertz CT molecular complexity index is 462. The first-order valence-corrected chi connectivity index (χ1v) is 5.53. The molecule has 0 fully saturated rings. The van der Waals surface area contributed by atoms with Gasteiger partial charge < -0.3 is 0 Å². The molecule has 1 aliphatic carbocycles. The Labute approximate surface area is 101 Å². The summed E-state index contributed by atoms with van der Waals surface area (Å²) in [6.45, 7) is 0. The average Bonchev–Trinajstić information content (AvgIpc) is 2.62. The molecule has 0 spiro atoms. The molecule has 1 aromatic carbocycles. The van der Waals surface area contributed by atoms with Gasteiger partial charge in [0.05, 0.1) is 10.9 Å². The Kier molecular flexibility index (Phi) is 3.17. The highest BCUT2D eigenvalue weighted by molar-refractivity contribution is 6.22. The van der Waals surface area contributed by atoms with Crippen LogP contribution in [0.3, 0.4) is 0 Å². The number of hydrogen-bond acceptors (Lipinski definition) is 0. The van der Waals surface area contributed by atoms with Gasteiger partial charge >= 0.3 is 6.18 Å². The first kappa shape index (κ1) is 12.4. The molecule has 17 heavy (non-hydrogen) atoms. The zero-order chi connectivity index (χ0) is 12.6. The van der Waals surface area contributed by atoms with Crippen LogP contribution in [-0.2, 0) is 6.18 Å². The zero-order valence-corrected chi connectivity index (χ0v) is 9.45. The van der Waals surface area contributed by atoms with Crippen LogP contribution >= 0.6 is 11.6 Å². The maximum absolute atomic E-state index is 13.3. The molecule has 1 unspecified atom stereocenters. The predicted molar refractivity (Wildman–Crippen MR) is 58.3 cm³/mol. The molecule has 0 radical (unpaired) electrons. The van der Waals surface area contributed by atoms with Crippen LogP contribution in [0.25, 0.3) is 5.57 Å². The summed E-state index contributed by atoms with van der Waals surface area (Å²) in [7, 11) is 0. The van der Waals surface area contributed by atoms with E-state index in [1.165, 1.54) is 6.07 Å². The Balaban J connectivity index is 2.35. The molecule has 0 bridgehead atoms. The second-order valence-corrected chi connectivity index (χ2v) is 4.50. The molecule has 0 aliphatic heterocycles. The van der Waals surface area contributed by atoms with E-state index >= 15 is 0 Å². The van der Waals surface area contributed by atoms with Crippen LogP contribution in [0.2, 0.25) is 0 Å². The molecule has 0 saturated heterocycles. The van der Waals surface area contributed by atoms with Crippen LogP contribution in [0.4, 0.5) is 17.6 Å². The van der Waals surface area contributed by atoms with Crippen molar-refractivity contribution in [3.63, 3.8) is 0 Å². The van der Waals surface area contributed by atoms with Crippen molar-refractivity contribution in [2.75, 3.05) is 0 Å². The van der Waals surface area contributed by atoms with Crippen molar-refractivity contribution < 1.29 is 17.6 Å². The van der Waals surface area contributed by atoms with Crippen LogP contribution in [-0.4, -0.2) is 5.38 Å². The fraction of sp³-hybridized carbons (Fsp3) is 0.333. The minimum atomic E-state index is -4.65. The van der Waals surface area contributed by atoms with E-state index in [0.717, 1.165) is 24.1 Å². The average molecular weight is 265 g/mol. The summed E-state index contributed by atoms with van der Waals surface area (Å²) < 4.78 is 50.3. The lowest BCUT2D eigenvalue weighted by molar-refractivity contribution is -0.140. The Morgan fingerprint density at radius 3 is 2.41 bits per heavy atom.